The molecular formula is C19H26N4O. The number of amides is 1. The zero-order valence-electron chi connectivity index (χ0n) is 14.1. The largest absolute Gasteiger partial charge is 0.346 e. The van der Waals surface area contributed by atoms with Crippen molar-refractivity contribution in [2.24, 2.45) is 11.7 Å². The number of aromatic nitrogens is 2. The van der Waals surface area contributed by atoms with Crippen LogP contribution in [-0.4, -0.2) is 39.9 Å². The van der Waals surface area contributed by atoms with E-state index in [4.69, 9.17) is 5.73 Å². The van der Waals surface area contributed by atoms with E-state index in [0.29, 0.717) is 11.8 Å². The Hall–Kier alpha value is -1.88. The van der Waals surface area contributed by atoms with Crippen molar-refractivity contribution in [3.8, 4) is 0 Å². The van der Waals surface area contributed by atoms with E-state index in [9.17, 15) is 4.79 Å². The van der Waals surface area contributed by atoms with Crippen molar-refractivity contribution in [3.05, 3.63) is 30.1 Å². The summed E-state index contributed by atoms with van der Waals surface area (Å²) in [5.74, 6) is 1.01. The molecule has 1 amide bonds. The molecule has 4 rings (SSSR count). The number of hydrogen-bond donors (Lipinski definition) is 2. The first-order valence-corrected chi connectivity index (χ1v) is 9.18. The molecule has 3 N–H and O–H groups in total. The van der Waals surface area contributed by atoms with Crippen LogP contribution < -0.4 is 5.73 Å². The minimum absolute atomic E-state index is 0.155. The zero-order valence-corrected chi connectivity index (χ0v) is 14.1. The topological polar surface area (TPSA) is 75.0 Å². The third-order valence-corrected chi connectivity index (χ3v) is 5.79. The first-order chi connectivity index (χ1) is 11.7. The average molecular weight is 326 g/mol. The maximum Gasteiger partial charge on any atom is 0.225 e. The Labute approximate surface area is 142 Å². The number of H-pyrrole nitrogens is 1. The highest BCUT2D eigenvalue weighted by atomic mass is 16.2. The minimum atomic E-state index is 0.155. The number of likely N-dealkylation sites (tertiary alicyclic amines) is 1. The van der Waals surface area contributed by atoms with E-state index in [1.807, 2.05) is 12.3 Å². The van der Waals surface area contributed by atoms with Gasteiger partial charge < -0.3 is 15.6 Å². The summed E-state index contributed by atoms with van der Waals surface area (Å²) in [6.07, 6.45) is 10.0. The molecule has 1 aliphatic carbocycles. The van der Waals surface area contributed by atoms with Crippen molar-refractivity contribution in [1.82, 2.24) is 14.9 Å². The van der Waals surface area contributed by atoms with Gasteiger partial charge in [-0.3, -0.25) is 4.79 Å². The first kappa shape index (κ1) is 15.6. The van der Waals surface area contributed by atoms with Gasteiger partial charge in [0.05, 0.1) is 0 Å². The maximum atomic E-state index is 12.8. The smallest absolute Gasteiger partial charge is 0.225 e. The summed E-state index contributed by atoms with van der Waals surface area (Å²) >= 11 is 0. The third-order valence-electron chi connectivity index (χ3n) is 5.79. The fraction of sp³-hybridized carbons (Fsp3) is 0.579. The fourth-order valence-corrected chi connectivity index (χ4v) is 4.44. The molecule has 0 radical (unpaired) electrons. The highest BCUT2D eigenvalue weighted by Gasteiger charge is 2.31. The number of nitrogens with zero attached hydrogens (tertiary/aromatic N) is 2. The molecule has 3 heterocycles. The molecule has 2 aliphatic rings. The van der Waals surface area contributed by atoms with Crippen molar-refractivity contribution in [2.45, 2.75) is 50.5 Å². The van der Waals surface area contributed by atoms with Crippen LogP contribution in [0.15, 0.2) is 24.5 Å². The molecule has 5 nitrogen and oxygen atoms in total. The monoisotopic (exact) mass is 326 g/mol. The van der Waals surface area contributed by atoms with Crippen LogP contribution in [-0.2, 0) is 4.79 Å². The van der Waals surface area contributed by atoms with Gasteiger partial charge >= 0.3 is 0 Å². The molecule has 5 heteroatoms. The van der Waals surface area contributed by atoms with E-state index in [1.165, 1.54) is 10.9 Å². The Morgan fingerprint density at radius 1 is 1.25 bits per heavy atom. The number of nitrogens with one attached hydrogen (secondary N) is 1. The molecule has 2 aromatic heterocycles. The van der Waals surface area contributed by atoms with Crippen LogP contribution in [0, 0.1) is 5.92 Å². The lowest BCUT2D eigenvalue weighted by atomic mass is 9.84. The van der Waals surface area contributed by atoms with Crippen LogP contribution in [0.3, 0.4) is 0 Å². The van der Waals surface area contributed by atoms with Gasteiger partial charge in [-0.25, -0.2) is 4.98 Å². The molecule has 0 unspecified atom stereocenters. The van der Waals surface area contributed by atoms with Gasteiger partial charge in [0.25, 0.3) is 0 Å². The molecule has 0 aromatic carbocycles. The lowest BCUT2D eigenvalue weighted by molar-refractivity contribution is -0.137. The number of nitrogens with two attached hydrogens (primary N) is 1. The number of piperidine rings is 1. The van der Waals surface area contributed by atoms with E-state index in [1.54, 1.807) is 0 Å². The lowest BCUT2D eigenvalue weighted by Gasteiger charge is -2.36. The molecule has 2 atom stereocenters. The molecule has 24 heavy (non-hydrogen) atoms. The van der Waals surface area contributed by atoms with Gasteiger partial charge in [-0.15, -0.1) is 0 Å². The number of pyridine rings is 1. The summed E-state index contributed by atoms with van der Waals surface area (Å²) in [5, 5.41) is 1.22. The molecule has 2 aromatic rings. The van der Waals surface area contributed by atoms with Crippen LogP contribution in [0.4, 0.5) is 0 Å². The minimum Gasteiger partial charge on any atom is -0.346 e. The Kier molecular flexibility index (Phi) is 4.27. The van der Waals surface area contributed by atoms with Gasteiger partial charge in [-0.2, -0.15) is 0 Å². The van der Waals surface area contributed by atoms with E-state index >= 15 is 0 Å². The van der Waals surface area contributed by atoms with Crippen molar-refractivity contribution in [3.63, 3.8) is 0 Å². The normalized spacial score (nSPS) is 26.0. The number of rotatable bonds is 2. The van der Waals surface area contributed by atoms with Crippen molar-refractivity contribution < 1.29 is 4.79 Å². The third kappa shape index (κ3) is 2.93. The summed E-state index contributed by atoms with van der Waals surface area (Å²) in [6.45, 7) is 1.73. The second-order valence-corrected chi connectivity index (χ2v) is 7.37. The van der Waals surface area contributed by atoms with E-state index in [0.717, 1.165) is 57.3 Å². The van der Waals surface area contributed by atoms with Gasteiger partial charge in [-0.05, 0) is 55.7 Å². The van der Waals surface area contributed by atoms with Gasteiger partial charge in [0.2, 0.25) is 5.91 Å². The summed E-state index contributed by atoms with van der Waals surface area (Å²) in [7, 11) is 0. The first-order valence-electron chi connectivity index (χ1n) is 9.18. The predicted molar refractivity (Wildman–Crippen MR) is 94.6 cm³/mol. The summed E-state index contributed by atoms with van der Waals surface area (Å²) in [4.78, 5) is 22.5. The van der Waals surface area contributed by atoms with Gasteiger partial charge in [-0.1, -0.05) is 6.42 Å². The SMILES string of the molecule is N[C@H]1CCC[C@@H](C(=O)N2CCC(c3c[nH]c4ncccc34)CC2)C1. The molecule has 1 saturated heterocycles. The molecular weight excluding hydrogens is 300 g/mol. The van der Waals surface area contributed by atoms with Gasteiger partial charge in [0, 0.05) is 42.8 Å². The van der Waals surface area contributed by atoms with Crippen LogP contribution in [0.25, 0.3) is 11.0 Å². The van der Waals surface area contributed by atoms with Crippen molar-refractivity contribution >= 4 is 16.9 Å². The standard InChI is InChI=1S/C19H26N4O/c20-15-4-1-3-14(11-15)19(24)23-9-6-13(7-10-23)17-12-22-18-16(17)5-2-8-21-18/h2,5,8,12-15H,1,3-4,6-7,9-11,20H2,(H,21,22)/t14-,15+/m1/s1. The Morgan fingerprint density at radius 3 is 2.88 bits per heavy atom. The number of fused-ring (bicyclic) bond motifs is 1. The second-order valence-electron chi connectivity index (χ2n) is 7.37. The molecule has 0 spiro atoms. The molecule has 2 fully saturated rings. The summed E-state index contributed by atoms with van der Waals surface area (Å²) < 4.78 is 0. The van der Waals surface area contributed by atoms with Gasteiger partial charge in [0.1, 0.15) is 5.65 Å². The highest BCUT2D eigenvalue weighted by Crippen LogP contribution is 2.34. The fourth-order valence-electron chi connectivity index (χ4n) is 4.44. The number of carbonyl (C=O) groups is 1. The number of aromatic amines is 1. The lowest BCUT2D eigenvalue weighted by Crippen LogP contribution is -2.44. The second kappa shape index (κ2) is 6.55. The van der Waals surface area contributed by atoms with Crippen LogP contribution in [0.1, 0.15) is 50.0 Å². The molecule has 0 bridgehead atoms. The van der Waals surface area contributed by atoms with Crippen molar-refractivity contribution in [1.29, 1.82) is 0 Å². The maximum absolute atomic E-state index is 12.8. The summed E-state index contributed by atoms with van der Waals surface area (Å²) in [5.41, 5.74) is 8.36. The average Bonchev–Trinajstić information content (AvgIpc) is 3.05. The number of carbonyl (C=O) groups excluding carboxylic acids is 1. The Morgan fingerprint density at radius 2 is 2.08 bits per heavy atom. The Balaban J connectivity index is 1.40. The Bertz CT molecular complexity index is 717. The van der Waals surface area contributed by atoms with Crippen LogP contribution >= 0.6 is 0 Å². The van der Waals surface area contributed by atoms with Crippen LogP contribution in [0.2, 0.25) is 0 Å². The zero-order chi connectivity index (χ0) is 16.5. The van der Waals surface area contributed by atoms with Crippen LogP contribution in [0.5, 0.6) is 0 Å². The predicted octanol–water partition coefficient (Wildman–Crippen LogP) is 2.79. The van der Waals surface area contributed by atoms with E-state index in [-0.39, 0.29) is 12.0 Å². The van der Waals surface area contributed by atoms with E-state index < -0.39 is 0 Å². The van der Waals surface area contributed by atoms with Gasteiger partial charge in [0.15, 0.2) is 0 Å². The highest BCUT2D eigenvalue weighted by molar-refractivity contribution is 5.81. The quantitative estimate of drug-likeness (QED) is 0.891. The van der Waals surface area contributed by atoms with Crippen molar-refractivity contribution in [2.75, 3.05) is 13.1 Å². The number of hydrogen-bond acceptors (Lipinski definition) is 3. The molecule has 128 valence electrons. The summed E-state index contributed by atoms with van der Waals surface area (Å²) in [6, 6.07) is 4.34. The van der Waals surface area contributed by atoms with E-state index in [2.05, 4.69) is 27.1 Å². The molecule has 1 saturated carbocycles. The molecule has 1 aliphatic heterocycles.